The molecule has 2 aliphatic heterocycles. The summed E-state index contributed by atoms with van der Waals surface area (Å²) in [6.45, 7) is 5.45. The Bertz CT molecular complexity index is 738. The molecule has 4 rings (SSSR count). The molecule has 0 N–H and O–H groups in total. The van der Waals surface area contributed by atoms with Gasteiger partial charge in [0, 0.05) is 31.7 Å². The molecule has 27 heavy (non-hydrogen) atoms. The molecule has 2 aliphatic rings. The van der Waals surface area contributed by atoms with Gasteiger partial charge in [0.1, 0.15) is 12.0 Å². The lowest BCUT2D eigenvalue weighted by Gasteiger charge is -2.30. The van der Waals surface area contributed by atoms with Crippen molar-refractivity contribution >= 4 is 18.2 Å². The standard InChI is InChI=1S/C18H21N5O4/c24-13-14-1-3-15(4-2-14)27-18-20-16(22-5-9-25-10-6-22)19-17(21-18)23-7-11-26-12-8-23/h1-4,13H,5-12H2. The van der Waals surface area contributed by atoms with Crippen molar-refractivity contribution in [2.75, 3.05) is 62.4 Å². The number of nitrogens with zero attached hydrogens (tertiary/aromatic N) is 5. The zero-order valence-electron chi connectivity index (χ0n) is 14.9. The number of carbonyl (C=O) groups excluding carboxylic acids is 1. The van der Waals surface area contributed by atoms with Gasteiger partial charge in [0.2, 0.25) is 11.9 Å². The van der Waals surface area contributed by atoms with Gasteiger partial charge < -0.3 is 24.0 Å². The minimum absolute atomic E-state index is 0.229. The van der Waals surface area contributed by atoms with Gasteiger partial charge in [-0.1, -0.05) is 0 Å². The van der Waals surface area contributed by atoms with Gasteiger partial charge in [-0.15, -0.1) is 0 Å². The van der Waals surface area contributed by atoms with Crippen molar-refractivity contribution in [1.29, 1.82) is 0 Å². The second kappa shape index (κ2) is 8.28. The SMILES string of the molecule is O=Cc1ccc(Oc2nc(N3CCOCC3)nc(N3CCOCC3)n2)cc1. The molecule has 3 heterocycles. The van der Waals surface area contributed by atoms with Crippen LogP contribution in [0.2, 0.25) is 0 Å². The maximum Gasteiger partial charge on any atom is 0.328 e. The summed E-state index contributed by atoms with van der Waals surface area (Å²) in [7, 11) is 0. The van der Waals surface area contributed by atoms with E-state index in [0.717, 1.165) is 32.5 Å². The van der Waals surface area contributed by atoms with Gasteiger partial charge in [-0.05, 0) is 24.3 Å². The zero-order valence-corrected chi connectivity index (χ0v) is 14.9. The van der Waals surface area contributed by atoms with Gasteiger partial charge in [-0.3, -0.25) is 4.79 Å². The van der Waals surface area contributed by atoms with E-state index in [1.165, 1.54) is 0 Å². The summed E-state index contributed by atoms with van der Waals surface area (Å²) >= 11 is 0. The average molecular weight is 371 g/mol. The van der Waals surface area contributed by atoms with E-state index < -0.39 is 0 Å². The first kappa shape index (κ1) is 17.6. The Balaban J connectivity index is 1.62. The van der Waals surface area contributed by atoms with Gasteiger partial charge in [-0.25, -0.2) is 0 Å². The number of hydrogen-bond donors (Lipinski definition) is 0. The van der Waals surface area contributed by atoms with Crippen molar-refractivity contribution in [1.82, 2.24) is 15.0 Å². The third kappa shape index (κ3) is 4.32. The van der Waals surface area contributed by atoms with E-state index in [-0.39, 0.29) is 6.01 Å². The number of ether oxygens (including phenoxy) is 3. The molecule has 2 fully saturated rings. The smallest absolute Gasteiger partial charge is 0.328 e. The fourth-order valence-electron chi connectivity index (χ4n) is 2.91. The van der Waals surface area contributed by atoms with Crippen molar-refractivity contribution < 1.29 is 19.0 Å². The monoisotopic (exact) mass is 371 g/mol. The van der Waals surface area contributed by atoms with Crippen LogP contribution in [0.15, 0.2) is 24.3 Å². The number of morpholine rings is 2. The van der Waals surface area contributed by atoms with Gasteiger partial charge in [0.05, 0.1) is 26.4 Å². The third-order valence-corrected chi connectivity index (χ3v) is 4.40. The Hall–Kier alpha value is -2.78. The quantitative estimate of drug-likeness (QED) is 0.718. The predicted octanol–water partition coefficient (Wildman–Crippen LogP) is 1.15. The summed E-state index contributed by atoms with van der Waals surface area (Å²) in [6, 6.07) is 7.05. The first-order valence-electron chi connectivity index (χ1n) is 8.96. The molecule has 0 unspecified atom stereocenters. The van der Waals surface area contributed by atoms with E-state index >= 15 is 0 Å². The van der Waals surface area contributed by atoms with Crippen LogP contribution in [0, 0.1) is 0 Å². The van der Waals surface area contributed by atoms with Crippen molar-refractivity contribution in [2.45, 2.75) is 0 Å². The summed E-state index contributed by atoms with van der Waals surface area (Å²) in [5, 5.41) is 0. The number of aromatic nitrogens is 3. The number of aldehydes is 1. The molecule has 1 aromatic heterocycles. The average Bonchev–Trinajstić information content (AvgIpc) is 2.75. The highest BCUT2D eigenvalue weighted by atomic mass is 16.5. The van der Waals surface area contributed by atoms with Gasteiger partial charge in [0.25, 0.3) is 0 Å². The lowest BCUT2D eigenvalue weighted by atomic mass is 10.2. The molecular weight excluding hydrogens is 350 g/mol. The highest BCUT2D eigenvalue weighted by Crippen LogP contribution is 2.24. The van der Waals surface area contributed by atoms with Crippen molar-refractivity contribution in [2.24, 2.45) is 0 Å². The predicted molar refractivity (Wildman–Crippen MR) is 97.8 cm³/mol. The van der Waals surface area contributed by atoms with E-state index in [9.17, 15) is 4.79 Å². The van der Waals surface area contributed by atoms with Crippen molar-refractivity contribution in [3.63, 3.8) is 0 Å². The summed E-state index contributed by atoms with van der Waals surface area (Å²) < 4.78 is 16.7. The first-order valence-corrected chi connectivity index (χ1v) is 8.96. The highest BCUT2D eigenvalue weighted by Gasteiger charge is 2.21. The topological polar surface area (TPSA) is 89.9 Å². The maximum atomic E-state index is 10.8. The fourth-order valence-corrected chi connectivity index (χ4v) is 2.91. The number of rotatable bonds is 5. The van der Waals surface area contributed by atoms with Crippen LogP contribution in [0.1, 0.15) is 10.4 Å². The Morgan fingerprint density at radius 3 is 1.81 bits per heavy atom. The van der Waals surface area contributed by atoms with Gasteiger partial charge >= 0.3 is 6.01 Å². The molecule has 2 aromatic rings. The van der Waals surface area contributed by atoms with E-state index in [1.54, 1.807) is 24.3 Å². The Morgan fingerprint density at radius 2 is 1.33 bits per heavy atom. The molecule has 1 aromatic carbocycles. The molecule has 0 amide bonds. The molecule has 0 radical (unpaired) electrons. The zero-order chi connectivity index (χ0) is 18.5. The summed E-state index contributed by atoms with van der Waals surface area (Å²) in [5.74, 6) is 1.72. The van der Waals surface area contributed by atoms with Crippen LogP contribution in [0.3, 0.4) is 0 Å². The van der Waals surface area contributed by atoms with E-state index in [1.807, 2.05) is 0 Å². The maximum absolute atomic E-state index is 10.8. The number of benzene rings is 1. The highest BCUT2D eigenvalue weighted by molar-refractivity contribution is 5.74. The first-order chi connectivity index (χ1) is 13.3. The molecule has 9 nitrogen and oxygen atoms in total. The molecular formula is C18H21N5O4. The molecule has 0 bridgehead atoms. The van der Waals surface area contributed by atoms with Crippen LogP contribution in [0.25, 0.3) is 0 Å². The second-order valence-corrected chi connectivity index (χ2v) is 6.21. The Labute approximate surface area is 156 Å². The van der Waals surface area contributed by atoms with Crippen LogP contribution in [-0.2, 0) is 9.47 Å². The van der Waals surface area contributed by atoms with Gasteiger partial charge in [0.15, 0.2) is 0 Å². The molecule has 142 valence electrons. The van der Waals surface area contributed by atoms with Gasteiger partial charge in [-0.2, -0.15) is 15.0 Å². The van der Waals surface area contributed by atoms with Crippen LogP contribution >= 0.6 is 0 Å². The summed E-state index contributed by atoms with van der Waals surface area (Å²) in [6.07, 6.45) is 0.791. The summed E-state index contributed by atoms with van der Waals surface area (Å²) in [4.78, 5) is 28.6. The molecule has 0 aliphatic carbocycles. The fraction of sp³-hybridized carbons (Fsp3) is 0.444. The Morgan fingerprint density at radius 1 is 0.815 bits per heavy atom. The second-order valence-electron chi connectivity index (χ2n) is 6.21. The van der Waals surface area contributed by atoms with E-state index in [2.05, 4.69) is 24.8 Å². The van der Waals surface area contributed by atoms with E-state index in [4.69, 9.17) is 14.2 Å². The largest absolute Gasteiger partial charge is 0.424 e. The molecule has 0 spiro atoms. The number of hydrogen-bond acceptors (Lipinski definition) is 9. The molecule has 9 heteroatoms. The minimum atomic E-state index is 0.229. The van der Waals surface area contributed by atoms with Crippen LogP contribution in [0.5, 0.6) is 11.8 Å². The van der Waals surface area contributed by atoms with E-state index in [0.29, 0.717) is 49.6 Å². The summed E-state index contributed by atoms with van der Waals surface area (Å²) in [5.41, 5.74) is 0.584. The third-order valence-electron chi connectivity index (χ3n) is 4.40. The molecule has 0 atom stereocenters. The molecule has 2 saturated heterocycles. The van der Waals surface area contributed by atoms with Crippen LogP contribution in [-0.4, -0.2) is 73.8 Å². The lowest BCUT2D eigenvalue weighted by Crippen LogP contribution is -2.40. The van der Waals surface area contributed by atoms with Crippen LogP contribution in [0.4, 0.5) is 11.9 Å². The normalized spacial score (nSPS) is 17.6. The Kier molecular flexibility index (Phi) is 5.40. The lowest BCUT2D eigenvalue weighted by molar-refractivity contribution is 0.112. The molecule has 0 saturated carbocycles. The van der Waals surface area contributed by atoms with Crippen LogP contribution < -0.4 is 14.5 Å². The van der Waals surface area contributed by atoms with Crippen molar-refractivity contribution in [3.8, 4) is 11.8 Å². The van der Waals surface area contributed by atoms with Crippen molar-refractivity contribution in [3.05, 3.63) is 29.8 Å². The number of carbonyl (C=O) groups is 1. The number of anilines is 2. The minimum Gasteiger partial charge on any atom is -0.424 e.